The summed E-state index contributed by atoms with van der Waals surface area (Å²) in [6.07, 6.45) is 6.25. The summed E-state index contributed by atoms with van der Waals surface area (Å²) in [5.74, 6) is 0.866. The lowest BCUT2D eigenvalue weighted by Crippen LogP contribution is -2.17. The molecule has 0 unspecified atom stereocenters. The summed E-state index contributed by atoms with van der Waals surface area (Å²) >= 11 is 0. The van der Waals surface area contributed by atoms with Gasteiger partial charge < -0.3 is 9.47 Å². The van der Waals surface area contributed by atoms with Gasteiger partial charge in [0.25, 0.3) is 5.91 Å². The number of amides is 1. The number of ether oxygens (including phenoxy) is 2. The highest BCUT2D eigenvalue weighted by Gasteiger charge is 2.05. The van der Waals surface area contributed by atoms with Crippen LogP contribution in [-0.4, -0.2) is 30.8 Å². The molecule has 2 aromatic rings. The van der Waals surface area contributed by atoms with E-state index in [0.29, 0.717) is 23.7 Å². The third-order valence-electron chi connectivity index (χ3n) is 2.85. The maximum atomic E-state index is 11.8. The highest BCUT2D eigenvalue weighted by molar-refractivity contribution is 5.94. The van der Waals surface area contributed by atoms with Crippen LogP contribution in [0.1, 0.15) is 15.9 Å². The van der Waals surface area contributed by atoms with E-state index in [1.54, 1.807) is 49.7 Å². The molecule has 2 rings (SSSR count). The number of methoxy groups -OCH3 is 1. The monoisotopic (exact) mass is 311 g/mol. The third kappa shape index (κ3) is 4.67. The number of hydrogen-bond donors (Lipinski definition) is 1. The molecule has 0 aliphatic heterocycles. The molecule has 1 aromatic heterocycles. The van der Waals surface area contributed by atoms with Gasteiger partial charge in [-0.25, -0.2) is 5.43 Å². The van der Waals surface area contributed by atoms with Crippen LogP contribution in [0, 0.1) is 0 Å². The Bertz CT molecular complexity index is 699. The van der Waals surface area contributed by atoms with Crippen LogP contribution >= 0.6 is 0 Å². The molecule has 1 aromatic carbocycles. The Morgan fingerprint density at radius 3 is 2.96 bits per heavy atom. The second kappa shape index (κ2) is 8.33. The molecule has 0 aliphatic carbocycles. The molecule has 0 saturated heterocycles. The van der Waals surface area contributed by atoms with Crippen molar-refractivity contribution >= 4 is 12.1 Å². The summed E-state index contributed by atoms with van der Waals surface area (Å²) in [5, 5.41) is 3.92. The lowest BCUT2D eigenvalue weighted by atomic mass is 10.2. The van der Waals surface area contributed by atoms with Gasteiger partial charge in [0.1, 0.15) is 6.61 Å². The zero-order chi connectivity index (χ0) is 16.5. The number of hydrogen-bond acceptors (Lipinski definition) is 5. The molecule has 0 fully saturated rings. The number of hydrazone groups is 1. The summed E-state index contributed by atoms with van der Waals surface area (Å²) in [4.78, 5) is 15.7. The smallest absolute Gasteiger partial charge is 0.272 e. The molecule has 0 saturated carbocycles. The van der Waals surface area contributed by atoms with Crippen LogP contribution in [-0.2, 0) is 0 Å². The maximum Gasteiger partial charge on any atom is 0.272 e. The fraction of sp³-hybridized carbons (Fsp3) is 0.118. The zero-order valence-electron chi connectivity index (χ0n) is 12.7. The molecule has 0 spiro atoms. The van der Waals surface area contributed by atoms with Crippen LogP contribution in [0.15, 0.2) is 60.5 Å². The van der Waals surface area contributed by atoms with Gasteiger partial charge in [-0.3, -0.25) is 9.78 Å². The summed E-state index contributed by atoms with van der Waals surface area (Å²) < 4.78 is 10.7. The molecule has 0 atom stereocenters. The Morgan fingerprint density at radius 1 is 1.39 bits per heavy atom. The molecule has 118 valence electrons. The van der Waals surface area contributed by atoms with Crippen LogP contribution < -0.4 is 14.9 Å². The fourth-order valence-corrected chi connectivity index (χ4v) is 1.76. The van der Waals surface area contributed by atoms with E-state index >= 15 is 0 Å². The van der Waals surface area contributed by atoms with Crippen molar-refractivity contribution in [2.24, 2.45) is 5.10 Å². The Morgan fingerprint density at radius 2 is 2.26 bits per heavy atom. The number of carbonyl (C=O) groups excluding carboxylic acids is 1. The van der Waals surface area contributed by atoms with Gasteiger partial charge >= 0.3 is 0 Å². The Balaban J connectivity index is 2.02. The van der Waals surface area contributed by atoms with E-state index in [-0.39, 0.29) is 5.91 Å². The number of pyridine rings is 1. The van der Waals surface area contributed by atoms with Gasteiger partial charge in [-0.05, 0) is 35.9 Å². The summed E-state index contributed by atoms with van der Waals surface area (Å²) in [7, 11) is 1.56. The Labute approximate surface area is 134 Å². The van der Waals surface area contributed by atoms with E-state index in [9.17, 15) is 4.79 Å². The predicted molar refractivity (Wildman–Crippen MR) is 88.0 cm³/mol. The van der Waals surface area contributed by atoms with Crippen molar-refractivity contribution in [3.8, 4) is 11.5 Å². The highest BCUT2D eigenvalue weighted by atomic mass is 16.5. The largest absolute Gasteiger partial charge is 0.493 e. The minimum absolute atomic E-state index is 0.327. The van der Waals surface area contributed by atoms with Crippen molar-refractivity contribution in [2.45, 2.75) is 0 Å². The average molecular weight is 311 g/mol. The molecule has 0 aliphatic rings. The third-order valence-corrected chi connectivity index (χ3v) is 2.85. The Kier molecular flexibility index (Phi) is 5.88. The van der Waals surface area contributed by atoms with Gasteiger partial charge in [-0.2, -0.15) is 5.10 Å². The molecule has 6 nitrogen and oxygen atoms in total. The van der Waals surface area contributed by atoms with Gasteiger partial charge in [-0.1, -0.05) is 12.7 Å². The van der Waals surface area contributed by atoms with Crippen molar-refractivity contribution in [3.63, 3.8) is 0 Å². The minimum Gasteiger partial charge on any atom is -0.493 e. The number of carbonyl (C=O) groups is 1. The quantitative estimate of drug-likeness (QED) is 0.484. The molecule has 1 amide bonds. The second-order valence-electron chi connectivity index (χ2n) is 4.45. The molecule has 0 bridgehead atoms. The van der Waals surface area contributed by atoms with Gasteiger partial charge in [0, 0.05) is 12.4 Å². The van der Waals surface area contributed by atoms with Crippen LogP contribution in [0.3, 0.4) is 0 Å². The SMILES string of the molecule is C=CCOc1ccc(/C=N\NC(=O)c2cccnc2)cc1OC. The summed E-state index contributed by atoms with van der Waals surface area (Å²) in [5.41, 5.74) is 3.64. The van der Waals surface area contributed by atoms with Crippen molar-refractivity contribution in [1.29, 1.82) is 0 Å². The van der Waals surface area contributed by atoms with E-state index in [2.05, 4.69) is 22.1 Å². The first-order valence-electron chi connectivity index (χ1n) is 6.89. The van der Waals surface area contributed by atoms with Gasteiger partial charge in [0.15, 0.2) is 11.5 Å². The molecule has 23 heavy (non-hydrogen) atoms. The second-order valence-corrected chi connectivity index (χ2v) is 4.45. The first-order chi connectivity index (χ1) is 11.2. The number of rotatable bonds is 7. The fourth-order valence-electron chi connectivity index (χ4n) is 1.76. The predicted octanol–water partition coefficient (Wildman–Crippen LogP) is 2.42. The molecule has 0 radical (unpaired) electrons. The lowest BCUT2D eigenvalue weighted by Gasteiger charge is -2.09. The zero-order valence-corrected chi connectivity index (χ0v) is 12.7. The minimum atomic E-state index is -0.327. The first-order valence-corrected chi connectivity index (χ1v) is 6.89. The van der Waals surface area contributed by atoms with Crippen molar-refractivity contribution in [2.75, 3.05) is 13.7 Å². The van der Waals surface area contributed by atoms with Crippen LogP contribution in [0.4, 0.5) is 0 Å². The first kappa shape index (κ1) is 16.2. The van der Waals surface area contributed by atoms with Crippen LogP contribution in [0.5, 0.6) is 11.5 Å². The van der Waals surface area contributed by atoms with Crippen molar-refractivity contribution in [3.05, 3.63) is 66.5 Å². The number of nitrogens with zero attached hydrogens (tertiary/aromatic N) is 2. The number of benzene rings is 1. The normalized spacial score (nSPS) is 10.3. The Hall–Kier alpha value is -3.15. The van der Waals surface area contributed by atoms with Gasteiger partial charge in [-0.15, -0.1) is 0 Å². The molecule has 1 heterocycles. The van der Waals surface area contributed by atoms with E-state index in [1.807, 2.05) is 0 Å². The van der Waals surface area contributed by atoms with E-state index in [0.717, 1.165) is 5.56 Å². The number of aromatic nitrogens is 1. The van der Waals surface area contributed by atoms with Crippen LogP contribution in [0.2, 0.25) is 0 Å². The molecule has 6 heteroatoms. The topological polar surface area (TPSA) is 72.8 Å². The summed E-state index contributed by atoms with van der Waals surface area (Å²) in [6.45, 7) is 3.99. The van der Waals surface area contributed by atoms with Crippen LogP contribution in [0.25, 0.3) is 0 Å². The van der Waals surface area contributed by atoms with Crippen molar-refractivity contribution < 1.29 is 14.3 Å². The number of nitrogens with one attached hydrogen (secondary N) is 1. The molecule has 1 N–H and O–H groups in total. The standard InChI is InChI=1S/C17H17N3O3/c1-3-9-23-15-7-6-13(10-16(15)22-2)11-19-20-17(21)14-5-4-8-18-12-14/h3-8,10-12H,1,9H2,2H3,(H,20,21)/b19-11-. The van der Waals surface area contributed by atoms with E-state index in [1.165, 1.54) is 12.4 Å². The van der Waals surface area contributed by atoms with Gasteiger partial charge in [0.05, 0.1) is 18.9 Å². The average Bonchev–Trinajstić information content (AvgIpc) is 2.61. The maximum absolute atomic E-state index is 11.8. The lowest BCUT2D eigenvalue weighted by molar-refractivity contribution is 0.0955. The molecular formula is C17H17N3O3. The van der Waals surface area contributed by atoms with E-state index in [4.69, 9.17) is 9.47 Å². The summed E-state index contributed by atoms with van der Waals surface area (Å²) in [6, 6.07) is 8.68. The van der Waals surface area contributed by atoms with E-state index < -0.39 is 0 Å². The van der Waals surface area contributed by atoms with Gasteiger partial charge in [0.2, 0.25) is 0 Å². The molecular weight excluding hydrogens is 294 g/mol. The van der Waals surface area contributed by atoms with Crippen molar-refractivity contribution in [1.82, 2.24) is 10.4 Å². The highest BCUT2D eigenvalue weighted by Crippen LogP contribution is 2.27.